The van der Waals surface area contributed by atoms with E-state index in [0.717, 1.165) is 20.8 Å². The summed E-state index contributed by atoms with van der Waals surface area (Å²) in [5.74, 6) is -0.389. The first-order valence-corrected chi connectivity index (χ1v) is 7.48. The third kappa shape index (κ3) is 2.59. The first kappa shape index (κ1) is 14.2. The molecule has 0 heterocycles. The van der Waals surface area contributed by atoms with Gasteiger partial charge in [-0.15, -0.1) is 0 Å². The Morgan fingerprint density at radius 3 is 2.43 bits per heavy atom. The number of rotatable bonds is 2. The number of hydrogen-bond donors (Lipinski definition) is 1. The fourth-order valence-electron chi connectivity index (χ4n) is 2.56. The number of aryl methyl sites for hydroxylation is 1. The third-order valence-corrected chi connectivity index (χ3v) is 4.34. The van der Waals surface area contributed by atoms with E-state index in [4.69, 9.17) is 0 Å². The standard InChI is InChI=1S/C18H14BrFO/c1-11-6-9-17(20)15(10-11)18(21)14-7-8-16(19)13-5-3-2-4-12(13)14/h2-10,18,21H,1H3. The fraction of sp³-hybridized carbons (Fsp3) is 0.111. The van der Waals surface area contributed by atoms with Crippen LogP contribution in [0.3, 0.4) is 0 Å². The first-order chi connectivity index (χ1) is 10.1. The Balaban J connectivity index is 2.20. The zero-order valence-corrected chi connectivity index (χ0v) is 13.1. The van der Waals surface area contributed by atoms with Crippen LogP contribution in [-0.4, -0.2) is 5.11 Å². The lowest BCUT2D eigenvalue weighted by molar-refractivity contribution is 0.216. The van der Waals surface area contributed by atoms with Crippen molar-refractivity contribution in [1.82, 2.24) is 0 Å². The maximum atomic E-state index is 14.0. The summed E-state index contributed by atoms with van der Waals surface area (Å²) >= 11 is 3.51. The van der Waals surface area contributed by atoms with Gasteiger partial charge < -0.3 is 5.11 Å². The molecule has 0 bridgehead atoms. The highest BCUT2D eigenvalue weighted by molar-refractivity contribution is 9.10. The van der Waals surface area contributed by atoms with E-state index in [9.17, 15) is 9.50 Å². The van der Waals surface area contributed by atoms with E-state index in [1.807, 2.05) is 43.3 Å². The van der Waals surface area contributed by atoms with Gasteiger partial charge in [0.15, 0.2) is 0 Å². The Labute approximate surface area is 131 Å². The molecule has 1 nitrogen and oxygen atoms in total. The second kappa shape index (κ2) is 5.58. The van der Waals surface area contributed by atoms with E-state index in [-0.39, 0.29) is 5.82 Å². The van der Waals surface area contributed by atoms with Gasteiger partial charge in [0.2, 0.25) is 0 Å². The minimum absolute atomic E-state index is 0.308. The van der Waals surface area contributed by atoms with E-state index in [1.165, 1.54) is 6.07 Å². The van der Waals surface area contributed by atoms with Gasteiger partial charge in [0.1, 0.15) is 11.9 Å². The van der Waals surface area contributed by atoms with Gasteiger partial charge >= 0.3 is 0 Å². The Morgan fingerprint density at radius 1 is 0.952 bits per heavy atom. The van der Waals surface area contributed by atoms with Crippen molar-refractivity contribution in [2.45, 2.75) is 13.0 Å². The van der Waals surface area contributed by atoms with Crippen molar-refractivity contribution in [3.05, 3.63) is 81.6 Å². The van der Waals surface area contributed by atoms with Gasteiger partial charge in [0.25, 0.3) is 0 Å². The molecular weight excluding hydrogens is 331 g/mol. The lowest BCUT2D eigenvalue weighted by atomic mass is 9.95. The molecule has 1 N–H and O–H groups in total. The maximum Gasteiger partial charge on any atom is 0.129 e. The molecule has 0 saturated heterocycles. The van der Waals surface area contributed by atoms with Crippen LogP contribution < -0.4 is 0 Å². The summed E-state index contributed by atoms with van der Waals surface area (Å²) in [6, 6.07) is 16.3. The SMILES string of the molecule is Cc1ccc(F)c(C(O)c2ccc(Br)c3ccccc23)c1. The van der Waals surface area contributed by atoms with Gasteiger partial charge in [-0.2, -0.15) is 0 Å². The predicted octanol–water partition coefficient (Wildman–Crippen LogP) is 5.13. The van der Waals surface area contributed by atoms with Crippen molar-refractivity contribution >= 4 is 26.7 Å². The van der Waals surface area contributed by atoms with Crippen LogP contribution in [0.2, 0.25) is 0 Å². The predicted molar refractivity (Wildman–Crippen MR) is 86.8 cm³/mol. The zero-order valence-electron chi connectivity index (χ0n) is 11.5. The number of fused-ring (bicyclic) bond motifs is 1. The molecule has 3 heteroatoms. The summed E-state index contributed by atoms with van der Waals surface area (Å²) in [4.78, 5) is 0. The van der Waals surface area contributed by atoms with Gasteiger partial charge in [0.05, 0.1) is 0 Å². The fourth-order valence-corrected chi connectivity index (χ4v) is 3.04. The Hall–Kier alpha value is -1.71. The minimum atomic E-state index is -0.983. The summed E-state index contributed by atoms with van der Waals surface area (Å²) in [5.41, 5.74) is 1.94. The molecule has 0 spiro atoms. The molecule has 106 valence electrons. The highest BCUT2D eigenvalue weighted by Crippen LogP contribution is 2.33. The summed E-state index contributed by atoms with van der Waals surface area (Å²) in [6.07, 6.45) is -0.983. The van der Waals surface area contributed by atoms with Crippen molar-refractivity contribution in [3.8, 4) is 0 Å². The highest BCUT2D eigenvalue weighted by Gasteiger charge is 2.18. The summed E-state index contributed by atoms with van der Waals surface area (Å²) < 4.78 is 15.0. The van der Waals surface area contributed by atoms with Crippen molar-refractivity contribution in [1.29, 1.82) is 0 Å². The second-order valence-electron chi connectivity index (χ2n) is 5.11. The van der Waals surface area contributed by atoms with Crippen molar-refractivity contribution < 1.29 is 9.50 Å². The van der Waals surface area contributed by atoms with Gasteiger partial charge in [-0.25, -0.2) is 4.39 Å². The molecule has 0 aliphatic carbocycles. The zero-order chi connectivity index (χ0) is 15.0. The largest absolute Gasteiger partial charge is 0.384 e. The van der Waals surface area contributed by atoms with E-state index in [0.29, 0.717) is 11.1 Å². The van der Waals surface area contributed by atoms with Crippen LogP contribution in [0.25, 0.3) is 10.8 Å². The van der Waals surface area contributed by atoms with Gasteiger partial charge in [0, 0.05) is 10.0 Å². The molecule has 21 heavy (non-hydrogen) atoms. The van der Waals surface area contributed by atoms with Crippen LogP contribution in [0.1, 0.15) is 22.8 Å². The minimum Gasteiger partial charge on any atom is -0.384 e. The summed E-state index contributed by atoms with van der Waals surface area (Å²) in [7, 11) is 0. The average molecular weight is 345 g/mol. The maximum absolute atomic E-state index is 14.0. The molecule has 3 aromatic carbocycles. The third-order valence-electron chi connectivity index (χ3n) is 3.65. The molecule has 0 radical (unpaired) electrons. The van der Waals surface area contributed by atoms with Crippen molar-refractivity contribution in [3.63, 3.8) is 0 Å². The molecule has 3 rings (SSSR count). The van der Waals surface area contributed by atoms with Crippen LogP contribution in [0, 0.1) is 12.7 Å². The van der Waals surface area contributed by atoms with Crippen LogP contribution in [-0.2, 0) is 0 Å². The van der Waals surface area contributed by atoms with E-state index in [2.05, 4.69) is 15.9 Å². The lowest BCUT2D eigenvalue weighted by Gasteiger charge is -2.16. The topological polar surface area (TPSA) is 20.2 Å². The van der Waals surface area contributed by atoms with Crippen molar-refractivity contribution in [2.24, 2.45) is 0 Å². The molecule has 0 fully saturated rings. The quantitative estimate of drug-likeness (QED) is 0.683. The van der Waals surface area contributed by atoms with Gasteiger partial charge in [-0.05, 0) is 35.4 Å². The number of aliphatic hydroxyl groups excluding tert-OH is 1. The van der Waals surface area contributed by atoms with Gasteiger partial charge in [-0.1, -0.05) is 64.0 Å². The number of benzene rings is 3. The van der Waals surface area contributed by atoms with Crippen molar-refractivity contribution in [2.75, 3.05) is 0 Å². The normalized spacial score (nSPS) is 12.6. The molecule has 0 aliphatic rings. The molecule has 1 atom stereocenters. The smallest absolute Gasteiger partial charge is 0.129 e. The molecule has 0 amide bonds. The number of aliphatic hydroxyl groups is 1. The summed E-state index contributed by atoms with van der Waals surface area (Å²) in [5, 5.41) is 12.5. The Kier molecular flexibility index (Phi) is 3.79. The Morgan fingerprint density at radius 2 is 1.67 bits per heavy atom. The molecule has 0 aromatic heterocycles. The number of halogens is 2. The molecule has 1 unspecified atom stereocenters. The average Bonchev–Trinajstić information content (AvgIpc) is 2.50. The molecule has 3 aromatic rings. The molecule has 0 aliphatic heterocycles. The van der Waals surface area contributed by atoms with E-state index in [1.54, 1.807) is 12.1 Å². The first-order valence-electron chi connectivity index (χ1n) is 6.69. The second-order valence-corrected chi connectivity index (χ2v) is 5.96. The van der Waals surface area contributed by atoms with Crippen LogP contribution in [0.5, 0.6) is 0 Å². The molecular formula is C18H14BrFO. The van der Waals surface area contributed by atoms with Crippen LogP contribution in [0.4, 0.5) is 4.39 Å². The highest BCUT2D eigenvalue weighted by atomic mass is 79.9. The van der Waals surface area contributed by atoms with E-state index < -0.39 is 6.10 Å². The van der Waals surface area contributed by atoms with Crippen LogP contribution in [0.15, 0.2) is 59.1 Å². The monoisotopic (exact) mass is 344 g/mol. The Bertz CT molecular complexity index is 813. The van der Waals surface area contributed by atoms with Gasteiger partial charge in [-0.3, -0.25) is 0 Å². The van der Waals surface area contributed by atoms with Crippen LogP contribution >= 0.6 is 15.9 Å². The summed E-state index contributed by atoms with van der Waals surface area (Å²) in [6.45, 7) is 1.88. The molecule has 0 saturated carbocycles. The lowest BCUT2D eigenvalue weighted by Crippen LogP contribution is -2.04. The number of hydrogen-bond acceptors (Lipinski definition) is 1. The van der Waals surface area contributed by atoms with E-state index >= 15 is 0 Å².